The average molecular weight is 398 g/mol. The van der Waals surface area contributed by atoms with E-state index in [9.17, 15) is 4.79 Å². The van der Waals surface area contributed by atoms with Crippen LogP contribution in [0.4, 0.5) is 4.79 Å². The lowest BCUT2D eigenvalue weighted by Crippen LogP contribution is -2.50. The summed E-state index contributed by atoms with van der Waals surface area (Å²) in [5, 5.41) is 0. The number of carbonyl (C=O) groups is 1. The maximum absolute atomic E-state index is 12.7. The molecule has 0 N–H and O–H groups in total. The van der Waals surface area contributed by atoms with Gasteiger partial charge in [0.25, 0.3) is 0 Å². The molecule has 0 aliphatic carbocycles. The zero-order valence-electron chi connectivity index (χ0n) is 17.8. The molecule has 0 bridgehead atoms. The number of hydrogen-bond acceptors (Lipinski definition) is 5. The van der Waals surface area contributed by atoms with Crippen LogP contribution in [0.25, 0.3) is 0 Å². The number of nitrogens with zero attached hydrogens (tertiary/aromatic N) is 1. The first-order chi connectivity index (χ1) is 13.9. The van der Waals surface area contributed by atoms with Crippen molar-refractivity contribution in [1.29, 1.82) is 0 Å². The molecule has 3 rings (SSSR count). The van der Waals surface area contributed by atoms with Crippen LogP contribution in [0.15, 0.2) is 54.6 Å². The summed E-state index contributed by atoms with van der Waals surface area (Å²) < 4.78 is 17.4. The van der Waals surface area contributed by atoms with Crippen molar-refractivity contribution in [2.45, 2.75) is 45.5 Å². The third-order valence-electron chi connectivity index (χ3n) is 5.41. The maximum Gasteiger partial charge on any atom is 0.509 e. The predicted molar refractivity (Wildman–Crippen MR) is 113 cm³/mol. The highest BCUT2D eigenvalue weighted by atomic mass is 16.7. The van der Waals surface area contributed by atoms with Crippen LogP contribution in [0.5, 0.6) is 5.75 Å². The van der Waals surface area contributed by atoms with Crippen LogP contribution in [0.1, 0.15) is 38.3 Å². The van der Waals surface area contributed by atoms with Gasteiger partial charge in [-0.15, -0.1) is 0 Å². The molecule has 5 nitrogen and oxygen atoms in total. The zero-order valence-corrected chi connectivity index (χ0v) is 17.8. The first-order valence-corrected chi connectivity index (χ1v) is 10.2. The molecule has 0 aromatic heterocycles. The van der Waals surface area contributed by atoms with Crippen molar-refractivity contribution in [3.8, 4) is 5.75 Å². The summed E-state index contributed by atoms with van der Waals surface area (Å²) in [6, 6.07) is 17.5. The molecule has 156 valence electrons. The number of carbonyl (C=O) groups excluding carboxylic acids is 1. The van der Waals surface area contributed by atoms with E-state index in [2.05, 4.69) is 18.9 Å². The molecule has 2 aromatic carbocycles. The van der Waals surface area contributed by atoms with Crippen molar-refractivity contribution in [3.63, 3.8) is 0 Å². The molecule has 0 radical (unpaired) electrons. The summed E-state index contributed by atoms with van der Waals surface area (Å²) in [5.74, 6) is 0.893. The molecule has 0 amide bonds. The SMILES string of the molecule is CC(C)Oc1cccc([C@@]2(OC(=O)OCc3ccccc3)CCN(C)C[C@@H]2C)c1. The number of hydrogen-bond donors (Lipinski definition) is 0. The van der Waals surface area contributed by atoms with E-state index in [0.717, 1.165) is 30.0 Å². The lowest BCUT2D eigenvalue weighted by Gasteiger charge is -2.44. The second kappa shape index (κ2) is 9.31. The van der Waals surface area contributed by atoms with Crippen molar-refractivity contribution in [1.82, 2.24) is 4.90 Å². The largest absolute Gasteiger partial charge is 0.509 e. The second-order valence-electron chi connectivity index (χ2n) is 8.12. The molecular weight excluding hydrogens is 366 g/mol. The van der Waals surface area contributed by atoms with E-state index in [0.29, 0.717) is 6.42 Å². The number of rotatable bonds is 6. The monoisotopic (exact) mass is 397 g/mol. The minimum Gasteiger partial charge on any atom is -0.491 e. The molecule has 0 spiro atoms. The van der Waals surface area contributed by atoms with E-state index < -0.39 is 11.8 Å². The molecule has 5 heteroatoms. The van der Waals surface area contributed by atoms with Crippen LogP contribution < -0.4 is 4.74 Å². The Morgan fingerprint density at radius 1 is 1.17 bits per heavy atom. The Labute approximate surface area is 173 Å². The van der Waals surface area contributed by atoms with E-state index in [4.69, 9.17) is 14.2 Å². The Hall–Kier alpha value is -2.53. The van der Waals surface area contributed by atoms with E-state index in [1.165, 1.54) is 0 Å². The zero-order chi connectivity index (χ0) is 20.9. The first kappa shape index (κ1) is 21.2. The topological polar surface area (TPSA) is 48.0 Å². The highest BCUT2D eigenvalue weighted by Gasteiger charge is 2.45. The van der Waals surface area contributed by atoms with Crippen molar-refractivity contribution in [2.75, 3.05) is 20.1 Å². The van der Waals surface area contributed by atoms with Gasteiger partial charge >= 0.3 is 6.16 Å². The van der Waals surface area contributed by atoms with Crippen LogP contribution in [-0.4, -0.2) is 37.3 Å². The lowest BCUT2D eigenvalue weighted by molar-refractivity contribution is -0.102. The van der Waals surface area contributed by atoms with Gasteiger partial charge in [0.1, 0.15) is 18.0 Å². The normalized spacial score (nSPS) is 22.3. The van der Waals surface area contributed by atoms with Crippen molar-refractivity contribution in [3.05, 3.63) is 65.7 Å². The van der Waals surface area contributed by atoms with Crippen LogP contribution in [0.3, 0.4) is 0 Å². The number of benzene rings is 2. The fourth-order valence-corrected chi connectivity index (χ4v) is 3.95. The lowest BCUT2D eigenvalue weighted by atomic mass is 9.76. The molecule has 2 atom stereocenters. The van der Waals surface area contributed by atoms with Gasteiger partial charge in [-0.25, -0.2) is 4.79 Å². The highest BCUT2D eigenvalue weighted by molar-refractivity contribution is 5.61. The molecule has 1 saturated heterocycles. The van der Waals surface area contributed by atoms with Gasteiger partial charge in [0.05, 0.1) is 6.10 Å². The van der Waals surface area contributed by atoms with E-state index in [1.54, 1.807) is 0 Å². The van der Waals surface area contributed by atoms with Gasteiger partial charge in [-0.3, -0.25) is 0 Å². The molecular formula is C24H31NO4. The van der Waals surface area contributed by atoms with Crippen molar-refractivity contribution >= 4 is 6.16 Å². The number of piperidine rings is 1. The van der Waals surface area contributed by atoms with Gasteiger partial charge in [-0.05, 0) is 44.2 Å². The van der Waals surface area contributed by atoms with Gasteiger partial charge in [-0.1, -0.05) is 49.4 Å². The van der Waals surface area contributed by atoms with Crippen molar-refractivity contribution < 1.29 is 19.0 Å². The summed E-state index contributed by atoms with van der Waals surface area (Å²) in [5.41, 5.74) is 1.14. The minimum absolute atomic E-state index is 0.0767. The summed E-state index contributed by atoms with van der Waals surface area (Å²) in [4.78, 5) is 14.9. The minimum atomic E-state index is -0.739. The van der Waals surface area contributed by atoms with Gasteiger partial charge in [0, 0.05) is 25.4 Å². The molecule has 0 unspecified atom stereocenters. The summed E-state index contributed by atoms with van der Waals surface area (Å²) in [6.45, 7) is 7.99. The van der Waals surface area contributed by atoms with Crippen molar-refractivity contribution in [2.24, 2.45) is 5.92 Å². The van der Waals surface area contributed by atoms with Crippen LogP contribution in [-0.2, 0) is 21.7 Å². The summed E-state index contributed by atoms with van der Waals surface area (Å²) >= 11 is 0. The number of ether oxygens (including phenoxy) is 3. The van der Waals surface area contributed by atoms with Crippen LogP contribution in [0, 0.1) is 5.92 Å². The third kappa shape index (κ3) is 5.30. The average Bonchev–Trinajstić information content (AvgIpc) is 2.69. The molecule has 0 saturated carbocycles. The quantitative estimate of drug-likeness (QED) is 0.643. The predicted octanol–water partition coefficient (Wildman–Crippen LogP) is 4.99. The Morgan fingerprint density at radius 2 is 1.93 bits per heavy atom. The molecule has 1 aliphatic rings. The smallest absolute Gasteiger partial charge is 0.491 e. The Kier molecular flexibility index (Phi) is 6.80. The number of likely N-dealkylation sites (tertiary alicyclic amines) is 1. The van der Waals surface area contributed by atoms with E-state index >= 15 is 0 Å². The van der Waals surface area contributed by atoms with Gasteiger partial charge in [0.2, 0.25) is 0 Å². The Bertz CT molecular complexity index is 808. The molecule has 1 fully saturated rings. The summed E-state index contributed by atoms with van der Waals surface area (Å²) in [6.07, 6.45) is 0.143. The van der Waals surface area contributed by atoms with Crippen LogP contribution >= 0.6 is 0 Å². The molecule has 1 heterocycles. The van der Waals surface area contributed by atoms with Gasteiger partial charge in [0.15, 0.2) is 0 Å². The fourth-order valence-electron chi connectivity index (χ4n) is 3.95. The summed E-state index contributed by atoms with van der Waals surface area (Å²) in [7, 11) is 2.09. The third-order valence-corrected chi connectivity index (χ3v) is 5.41. The molecule has 29 heavy (non-hydrogen) atoms. The maximum atomic E-state index is 12.7. The standard InChI is InChI=1S/C24H31NO4/c1-18(2)28-22-12-8-11-21(15-22)24(13-14-25(4)16-19(24)3)29-23(26)27-17-20-9-6-5-7-10-20/h5-12,15,18-19H,13-14,16-17H2,1-4H3/t19-,24+/m0/s1. The van der Waals surface area contributed by atoms with E-state index in [1.807, 2.05) is 68.4 Å². The molecule has 1 aliphatic heterocycles. The van der Waals surface area contributed by atoms with E-state index in [-0.39, 0.29) is 18.6 Å². The molecule has 2 aromatic rings. The first-order valence-electron chi connectivity index (χ1n) is 10.2. The highest BCUT2D eigenvalue weighted by Crippen LogP contribution is 2.42. The Morgan fingerprint density at radius 3 is 2.62 bits per heavy atom. The Balaban J connectivity index is 1.81. The van der Waals surface area contributed by atoms with Crippen LogP contribution in [0.2, 0.25) is 0 Å². The fraction of sp³-hybridized carbons (Fsp3) is 0.458. The van der Waals surface area contributed by atoms with Gasteiger partial charge in [-0.2, -0.15) is 0 Å². The second-order valence-corrected chi connectivity index (χ2v) is 8.12. The van der Waals surface area contributed by atoms with Gasteiger partial charge < -0.3 is 19.1 Å².